The number of hydrogen-bond acceptors (Lipinski definition) is 5. The largest absolute Gasteiger partial charge is 0.465 e. The summed E-state index contributed by atoms with van der Waals surface area (Å²) in [4.78, 5) is 36.0. The first-order valence-electron chi connectivity index (χ1n) is 6.89. The van der Waals surface area contributed by atoms with Crippen LogP contribution in [0.3, 0.4) is 0 Å². The minimum atomic E-state index is -0.718. The molecule has 0 aromatic heterocycles. The van der Waals surface area contributed by atoms with Gasteiger partial charge in [0.05, 0.1) is 13.2 Å². The molecule has 0 spiro atoms. The summed E-state index contributed by atoms with van der Waals surface area (Å²) in [6.45, 7) is 9.53. The van der Waals surface area contributed by atoms with Crippen LogP contribution in [-0.4, -0.2) is 42.5 Å². The number of carbonyl (C=O) groups is 3. The Morgan fingerprint density at radius 3 is 2.48 bits per heavy atom. The van der Waals surface area contributed by atoms with Gasteiger partial charge in [0.1, 0.15) is 5.92 Å². The SMILES string of the molecule is C=CN1CCC(C(=O)OCCCCOC(=O)C(=C)C)C1=O. The molecule has 0 aromatic rings. The Labute approximate surface area is 124 Å². The van der Waals surface area contributed by atoms with Crippen LogP contribution in [0.1, 0.15) is 26.2 Å². The van der Waals surface area contributed by atoms with E-state index in [9.17, 15) is 14.4 Å². The lowest BCUT2D eigenvalue weighted by atomic mass is 10.1. The van der Waals surface area contributed by atoms with E-state index in [-0.39, 0.29) is 19.1 Å². The predicted octanol–water partition coefficient (Wildman–Crippen LogP) is 1.42. The molecule has 1 aliphatic rings. The lowest BCUT2D eigenvalue weighted by Crippen LogP contribution is -2.28. The molecule has 0 bridgehead atoms. The molecule has 21 heavy (non-hydrogen) atoms. The van der Waals surface area contributed by atoms with Crippen LogP contribution >= 0.6 is 0 Å². The van der Waals surface area contributed by atoms with Crippen molar-refractivity contribution in [2.24, 2.45) is 5.92 Å². The maximum atomic E-state index is 11.7. The van der Waals surface area contributed by atoms with Gasteiger partial charge in [0.2, 0.25) is 5.91 Å². The summed E-state index contributed by atoms with van der Waals surface area (Å²) >= 11 is 0. The number of ether oxygens (including phenoxy) is 2. The monoisotopic (exact) mass is 295 g/mol. The second-order valence-corrected chi connectivity index (χ2v) is 4.85. The lowest BCUT2D eigenvalue weighted by Gasteiger charge is -2.11. The topological polar surface area (TPSA) is 72.9 Å². The molecule has 0 aliphatic carbocycles. The molecule has 1 aliphatic heterocycles. The van der Waals surface area contributed by atoms with E-state index in [4.69, 9.17) is 9.47 Å². The highest BCUT2D eigenvalue weighted by Crippen LogP contribution is 2.19. The molecule has 6 nitrogen and oxygen atoms in total. The second-order valence-electron chi connectivity index (χ2n) is 4.85. The summed E-state index contributed by atoms with van der Waals surface area (Å²) in [7, 11) is 0. The van der Waals surface area contributed by atoms with Crippen LogP contribution in [0.25, 0.3) is 0 Å². The minimum Gasteiger partial charge on any atom is -0.465 e. The quantitative estimate of drug-likeness (QED) is 0.293. The Bertz CT molecular complexity index is 443. The normalized spacial score (nSPS) is 17.5. The summed E-state index contributed by atoms with van der Waals surface area (Å²) in [5.41, 5.74) is 0.355. The van der Waals surface area contributed by atoms with Crippen molar-refractivity contribution in [3.63, 3.8) is 0 Å². The van der Waals surface area contributed by atoms with Crippen LogP contribution in [-0.2, 0) is 23.9 Å². The minimum absolute atomic E-state index is 0.210. The molecular formula is C15H21NO5. The van der Waals surface area contributed by atoms with Gasteiger partial charge < -0.3 is 14.4 Å². The molecule has 1 rings (SSSR count). The number of nitrogens with zero attached hydrogens (tertiary/aromatic N) is 1. The smallest absolute Gasteiger partial charge is 0.333 e. The molecular weight excluding hydrogens is 274 g/mol. The molecule has 0 radical (unpaired) electrons. The van der Waals surface area contributed by atoms with Crippen molar-refractivity contribution in [1.82, 2.24) is 4.90 Å². The van der Waals surface area contributed by atoms with Gasteiger partial charge >= 0.3 is 11.9 Å². The second kappa shape index (κ2) is 8.24. The maximum Gasteiger partial charge on any atom is 0.333 e. The first-order chi connectivity index (χ1) is 9.97. The third-order valence-corrected chi connectivity index (χ3v) is 3.11. The van der Waals surface area contributed by atoms with Crippen molar-refractivity contribution >= 4 is 17.8 Å². The van der Waals surface area contributed by atoms with E-state index in [0.29, 0.717) is 31.4 Å². The number of esters is 2. The third kappa shape index (κ3) is 5.06. The third-order valence-electron chi connectivity index (χ3n) is 3.11. The van der Waals surface area contributed by atoms with Gasteiger partial charge in [-0.05, 0) is 32.4 Å². The van der Waals surface area contributed by atoms with E-state index in [1.807, 2.05) is 0 Å². The molecule has 116 valence electrons. The van der Waals surface area contributed by atoms with Crippen molar-refractivity contribution in [1.29, 1.82) is 0 Å². The molecule has 1 atom stereocenters. The molecule has 0 saturated carbocycles. The van der Waals surface area contributed by atoms with Gasteiger partial charge in [0.15, 0.2) is 0 Å². The van der Waals surface area contributed by atoms with Crippen LogP contribution in [0.2, 0.25) is 0 Å². The standard InChI is InChI=1S/C15H21NO5/c1-4-16-8-7-12(13(16)17)15(19)21-10-6-5-9-20-14(18)11(2)3/h4,12H,1-2,5-10H2,3H3. The molecule has 1 amide bonds. The highest BCUT2D eigenvalue weighted by molar-refractivity contribution is 5.99. The van der Waals surface area contributed by atoms with E-state index in [2.05, 4.69) is 13.2 Å². The molecule has 0 aromatic carbocycles. The van der Waals surface area contributed by atoms with Crippen molar-refractivity contribution in [2.75, 3.05) is 19.8 Å². The van der Waals surface area contributed by atoms with Gasteiger partial charge in [-0.2, -0.15) is 0 Å². The van der Waals surface area contributed by atoms with Crippen LogP contribution in [0.15, 0.2) is 24.9 Å². The average molecular weight is 295 g/mol. The number of carbonyl (C=O) groups excluding carboxylic acids is 3. The Morgan fingerprint density at radius 1 is 1.33 bits per heavy atom. The predicted molar refractivity (Wildman–Crippen MR) is 76.0 cm³/mol. The zero-order valence-corrected chi connectivity index (χ0v) is 12.3. The number of unbranched alkanes of at least 4 members (excludes halogenated alkanes) is 1. The van der Waals surface area contributed by atoms with Crippen LogP contribution in [0.5, 0.6) is 0 Å². The summed E-state index contributed by atoms with van der Waals surface area (Å²) in [5, 5.41) is 0. The zero-order chi connectivity index (χ0) is 15.8. The van der Waals surface area contributed by atoms with Gasteiger partial charge in [0.25, 0.3) is 0 Å². The van der Waals surface area contributed by atoms with Crippen LogP contribution in [0, 0.1) is 5.92 Å². The van der Waals surface area contributed by atoms with Crippen LogP contribution < -0.4 is 0 Å². The van der Waals surface area contributed by atoms with Gasteiger partial charge in [0, 0.05) is 12.1 Å². The van der Waals surface area contributed by atoms with Gasteiger partial charge in [-0.25, -0.2) is 4.79 Å². The first-order valence-corrected chi connectivity index (χ1v) is 6.89. The highest BCUT2D eigenvalue weighted by Gasteiger charge is 2.36. The fourth-order valence-corrected chi connectivity index (χ4v) is 1.87. The molecule has 1 heterocycles. The van der Waals surface area contributed by atoms with E-state index in [1.54, 1.807) is 6.92 Å². The molecule has 1 unspecified atom stereocenters. The van der Waals surface area contributed by atoms with E-state index >= 15 is 0 Å². The molecule has 1 fully saturated rings. The van der Waals surface area contributed by atoms with Gasteiger partial charge in [-0.1, -0.05) is 13.2 Å². The molecule has 6 heteroatoms. The number of likely N-dealkylation sites (tertiary alicyclic amines) is 1. The van der Waals surface area contributed by atoms with Crippen LogP contribution in [0.4, 0.5) is 0 Å². The Kier molecular flexibility index (Phi) is 6.65. The zero-order valence-electron chi connectivity index (χ0n) is 12.3. The number of amides is 1. The molecule has 0 N–H and O–H groups in total. The van der Waals surface area contributed by atoms with E-state index < -0.39 is 17.9 Å². The maximum absolute atomic E-state index is 11.7. The Morgan fingerprint density at radius 2 is 1.95 bits per heavy atom. The summed E-state index contributed by atoms with van der Waals surface area (Å²) in [6.07, 6.45) is 3.04. The fraction of sp³-hybridized carbons (Fsp3) is 0.533. The Balaban J connectivity index is 2.14. The number of hydrogen-bond donors (Lipinski definition) is 0. The molecule has 1 saturated heterocycles. The lowest BCUT2D eigenvalue weighted by molar-refractivity contribution is -0.152. The van der Waals surface area contributed by atoms with Gasteiger partial charge in [-0.3, -0.25) is 9.59 Å². The van der Waals surface area contributed by atoms with Crippen molar-refractivity contribution in [3.05, 3.63) is 24.9 Å². The first kappa shape index (κ1) is 16.9. The van der Waals surface area contributed by atoms with Crippen molar-refractivity contribution < 1.29 is 23.9 Å². The highest BCUT2D eigenvalue weighted by atomic mass is 16.5. The summed E-state index contributed by atoms with van der Waals surface area (Å²) < 4.78 is 9.97. The van der Waals surface area contributed by atoms with E-state index in [0.717, 1.165) is 0 Å². The summed E-state index contributed by atoms with van der Waals surface area (Å²) in [6, 6.07) is 0. The average Bonchev–Trinajstić information content (AvgIpc) is 2.82. The van der Waals surface area contributed by atoms with Crippen molar-refractivity contribution in [3.8, 4) is 0 Å². The fourth-order valence-electron chi connectivity index (χ4n) is 1.87. The van der Waals surface area contributed by atoms with E-state index in [1.165, 1.54) is 11.1 Å². The summed E-state index contributed by atoms with van der Waals surface area (Å²) in [5.74, 6) is -1.90. The number of rotatable bonds is 8. The van der Waals surface area contributed by atoms with Crippen molar-refractivity contribution in [2.45, 2.75) is 26.2 Å². The van der Waals surface area contributed by atoms with Gasteiger partial charge in [-0.15, -0.1) is 0 Å². The Hall–Kier alpha value is -2.11.